The summed E-state index contributed by atoms with van der Waals surface area (Å²) in [7, 11) is 3.33. The fraction of sp³-hybridized carbons (Fsp3) is 0.300. The number of rotatable bonds is 9. The third kappa shape index (κ3) is 5.95. The second-order valence-electron chi connectivity index (χ2n) is 5.63. The van der Waals surface area contributed by atoms with Gasteiger partial charge in [0.25, 0.3) is 0 Å². The molecule has 2 rings (SSSR count). The summed E-state index contributed by atoms with van der Waals surface area (Å²) in [5.41, 5.74) is 0.640. The second kappa shape index (κ2) is 9.47. The maximum atomic E-state index is 12.1. The Hall–Kier alpha value is -2.82. The molecule has 0 saturated carbocycles. The minimum atomic E-state index is -0.0670. The molecule has 0 bridgehead atoms. The van der Waals surface area contributed by atoms with Crippen molar-refractivity contribution in [2.45, 2.75) is 12.8 Å². The number of hydrogen-bond donors (Lipinski definition) is 0. The lowest BCUT2D eigenvalue weighted by atomic mass is 10.1. The maximum Gasteiger partial charge on any atom is 0.222 e. The van der Waals surface area contributed by atoms with Crippen molar-refractivity contribution >= 4 is 11.7 Å². The normalized spacial score (nSPS) is 10.2. The molecule has 0 aromatic heterocycles. The summed E-state index contributed by atoms with van der Waals surface area (Å²) in [6.07, 6.45) is 0.416. The van der Waals surface area contributed by atoms with Crippen molar-refractivity contribution in [2.24, 2.45) is 0 Å². The minimum Gasteiger partial charge on any atom is -0.497 e. The van der Waals surface area contributed by atoms with E-state index in [4.69, 9.17) is 9.47 Å². The van der Waals surface area contributed by atoms with Gasteiger partial charge in [0.1, 0.15) is 18.1 Å². The Bertz CT molecular complexity index is 683. The molecule has 25 heavy (non-hydrogen) atoms. The van der Waals surface area contributed by atoms with Crippen LogP contribution in [0.15, 0.2) is 54.6 Å². The highest BCUT2D eigenvalue weighted by atomic mass is 16.5. The summed E-state index contributed by atoms with van der Waals surface area (Å²) in [5.74, 6) is 1.41. The number of benzene rings is 2. The summed E-state index contributed by atoms with van der Waals surface area (Å²) in [6.45, 7) is 0.853. The van der Waals surface area contributed by atoms with Crippen molar-refractivity contribution in [1.29, 1.82) is 0 Å². The SMILES string of the molecule is COc1ccc(OCCN(C)C(=O)CCC(=O)c2ccccc2)cc1. The van der Waals surface area contributed by atoms with Crippen molar-refractivity contribution in [1.82, 2.24) is 4.90 Å². The van der Waals surface area contributed by atoms with Gasteiger partial charge in [-0.15, -0.1) is 0 Å². The predicted molar refractivity (Wildman–Crippen MR) is 96.1 cm³/mol. The van der Waals surface area contributed by atoms with E-state index in [0.717, 1.165) is 11.5 Å². The average molecular weight is 341 g/mol. The third-order valence-electron chi connectivity index (χ3n) is 3.84. The van der Waals surface area contributed by atoms with Crippen molar-refractivity contribution in [2.75, 3.05) is 27.3 Å². The first-order valence-electron chi connectivity index (χ1n) is 8.19. The number of hydrogen-bond acceptors (Lipinski definition) is 4. The van der Waals surface area contributed by atoms with Crippen molar-refractivity contribution in [3.8, 4) is 11.5 Å². The van der Waals surface area contributed by atoms with E-state index >= 15 is 0 Å². The lowest BCUT2D eigenvalue weighted by Crippen LogP contribution is -2.31. The standard InChI is InChI=1S/C20H23NO4/c1-21(14-15-25-18-10-8-17(24-2)9-11-18)20(23)13-12-19(22)16-6-4-3-5-7-16/h3-11H,12-15H2,1-2H3. The first-order chi connectivity index (χ1) is 12.1. The third-order valence-corrected chi connectivity index (χ3v) is 3.84. The number of ether oxygens (including phenoxy) is 2. The van der Waals surface area contributed by atoms with Crippen LogP contribution in [0.1, 0.15) is 23.2 Å². The smallest absolute Gasteiger partial charge is 0.222 e. The molecule has 0 saturated heterocycles. The molecule has 2 aromatic carbocycles. The van der Waals surface area contributed by atoms with Gasteiger partial charge in [-0.1, -0.05) is 30.3 Å². The highest BCUT2D eigenvalue weighted by Gasteiger charge is 2.12. The molecular formula is C20H23NO4. The largest absolute Gasteiger partial charge is 0.497 e. The van der Waals surface area contributed by atoms with Gasteiger partial charge in [-0.2, -0.15) is 0 Å². The molecule has 0 aliphatic carbocycles. The molecular weight excluding hydrogens is 318 g/mol. The van der Waals surface area contributed by atoms with Crippen molar-refractivity contribution < 1.29 is 19.1 Å². The molecule has 0 spiro atoms. The molecule has 5 nitrogen and oxygen atoms in total. The zero-order chi connectivity index (χ0) is 18.1. The van der Waals surface area contributed by atoms with E-state index in [0.29, 0.717) is 18.7 Å². The molecule has 2 aromatic rings. The number of ketones is 1. The van der Waals surface area contributed by atoms with E-state index in [2.05, 4.69) is 0 Å². The molecule has 0 aliphatic rings. The highest BCUT2D eigenvalue weighted by molar-refractivity contribution is 5.97. The minimum absolute atomic E-state index is 0.0168. The van der Waals surface area contributed by atoms with E-state index in [9.17, 15) is 9.59 Å². The quantitative estimate of drug-likeness (QED) is 0.657. The number of carbonyl (C=O) groups is 2. The molecule has 0 atom stereocenters. The van der Waals surface area contributed by atoms with Gasteiger partial charge >= 0.3 is 0 Å². The van der Waals surface area contributed by atoms with Crippen LogP contribution in [-0.4, -0.2) is 43.9 Å². The second-order valence-corrected chi connectivity index (χ2v) is 5.63. The van der Waals surface area contributed by atoms with E-state index in [1.807, 2.05) is 42.5 Å². The molecule has 0 radical (unpaired) electrons. The number of Topliss-reactive ketones (excluding diaryl/α,β-unsaturated/α-hetero) is 1. The van der Waals surface area contributed by atoms with Gasteiger partial charge < -0.3 is 14.4 Å². The average Bonchev–Trinajstić information content (AvgIpc) is 2.66. The lowest BCUT2D eigenvalue weighted by molar-refractivity contribution is -0.130. The van der Waals surface area contributed by atoms with Gasteiger partial charge in [-0.25, -0.2) is 0 Å². The van der Waals surface area contributed by atoms with Crippen LogP contribution in [-0.2, 0) is 4.79 Å². The van der Waals surface area contributed by atoms with E-state index in [1.54, 1.807) is 31.2 Å². The highest BCUT2D eigenvalue weighted by Crippen LogP contribution is 2.16. The molecule has 0 N–H and O–H groups in total. The Labute approximate surface area is 148 Å². The number of methoxy groups -OCH3 is 1. The van der Waals surface area contributed by atoms with Crippen LogP contribution in [0.25, 0.3) is 0 Å². The van der Waals surface area contributed by atoms with Crippen LogP contribution in [0.4, 0.5) is 0 Å². The van der Waals surface area contributed by atoms with Crippen LogP contribution in [0.2, 0.25) is 0 Å². The van der Waals surface area contributed by atoms with E-state index in [-0.39, 0.29) is 24.5 Å². The summed E-state index contributed by atoms with van der Waals surface area (Å²) in [4.78, 5) is 25.7. The fourth-order valence-corrected chi connectivity index (χ4v) is 2.28. The summed E-state index contributed by atoms with van der Waals surface area (Å²) < 4.78 is 10.7. The molecule has 1 amide bonds. The maximum absolute atomic E-state index is 12.1. The van der Waals surface area contributed by atoms with Gasteiger partial charge in [0.15, 0.2) is 5.78 Å². The first-order valence-corrected chi connectivity index (χ1v) is 8.19. The molecule has 132 valence electrons. The Kier molecular flexibility index (Phi) is 7.01. The summed E-state index contributed by atoms with van der Waals surface area (Å²) >= 11 is 0. The number of amides is 1. The van der Waals surface area contributed by atoms with Crippen LogP contribution in [0, 0.1) is 0 Å². The van der Waals surface area contributed by atoms with Crippen molar-refractivity contribution in [3.63, 3.8) is 0 Å². The van der Waals surface area contributed by atoms with Crippen LogP contribution in [0.3, 0.4) is 0 Å². The van der Waals surface area contributed by atoms with Crippen LogP contribution in [0.5, 0.6) is 11.5 Å². The first kappa shape index (κ1) is 18.5. The van der Waals surface area contributed by atoms with Gasteiger partial charge in [-0.05, 0) is 24.3 Å². The fourth-order valence-electron chi connectivity index (χ4n) is 2.28. The zero-order valence-electron chi connectivity index (χ0n) is 14.6. The van der Waals surface area contributed by atoms with Crippen LogP contribution >= 0.6 is 0 Å². The van der Waals surface area contributed by atoms with Crippen LogP contribution < -0.4 is 9.47 Å². The molecule has 0 aliphatic heterocycles. The molecule has 0 heterocycles. The lowest BCUT2D eigenvalue weighted by Gasteiger charge is -2.17. The van der Waals surface area contributed by atoms with Gasteiger partial charge in [0.2, 0.25) is 5.91 Å². The Morgan fingerprint density at radius 2 is 1.56 bits per heavy atom. The van der Waals surface area contributed by atoms with E-state index in [1.165, 1.54) is 0 Å². The Balaban J connectivity index is 1.70. The number of carbonyl (C=O) groups excluding carboxylic acids is 2. The molecule has 5 heteroatoms. The zero-order valence-corrected chi connectivity index (χ0v) is 14.6. The molecule has 0 fully saturated rings. The van der Waals surface area contributed by atoms with Gasteiger partial charge in [0.05, 0.1) is 13.7 Å². The summed E-state index contributed by atoms with van der Waals surface area (Å²) in [5, 5.41) is 0. The Morgan fingerprint density at radius 1 is 0.920 bits per heavy atom. The summed E-state index contributed by atoms with van der Waals surface area (Å²) in [6, 6.07) is 16.3. The molecule has 0 unspecified atom stereocenters. The number of nitrogens with zero attached hydrogens (tertiary/aromatic N) is 1. The monoisotopic (exact) mass is 341 g/mol. The van der Waals surface area contributed by atoms with Gasteiger partial charge in [-0.3, -0.25) is 9.59 Å². The topological polar surface area (TPSA) is 55.8 Å². The van der Waals surface area contributed by atoms with Gasteiger partial charge in [0, 0.05) is 25.5 Å². The van der Waals surface area contributed by atoms with Crippen molar-refractivity contribution in [3.05, 3.63) is 60.2 Å². The number of likely N-dealkylation sites (N-methyl/N-ethyl adjacent to an activating group) is 1. The van der Waals surface area contributed by atoms with E-state index < -0.39 is 0 Å². The Morgan fingerprint density at radius 3 is 2.20 bits per heavy atom. The predicted octanol–water partition coefficient (Wildman–Crippen LogP) is 3.20.